The number of amides is 2. The molecule has 5 nitrogen and oxygen atoms in total. The molecule has 2 amide bonds. The van der Waals surface area contributed by atoms with Gasteiger partial charge in [0.1, 0.15) is 17.2 Å². The number of carbonyl (C=O) groups is 2. The van der Waals surface area contributed by atoms with Gasteiger partial charge in [-0.3, -0.25) is 9.59 Å². The Labute approximate surface area is 172 Å². The zero-order valence-corrected chi connectivity index (χ0v) is 16.3. The zero-order chi connectivity index (χ0) is 20.1. The summed E-state index contributed by atoms with van der Waals surface area (Å²) in [6.45, 7) is 0. The Balaban J connectivity index is 1.84. The number of benzene rings is 2. The van der Waals surface area contributed by atoms with E-state index in [-0.39, 0.29) is 5.70 Å². The second kappa shape index (κ2) is 8.78. The van der Waals surface area contributed by atoms with Crippen molar-refractivity contribution in [1.82, 2.24) is 10.6 Å². The molecule has 0 unspecified atom stereocenters. The quantitative estimate of drug-likeness (QED) is 0.590. The van der Waals surface area contributed by atoms with E-state index in [0.717, 1.165) is 5.56 Å². The molecule has 0 aliphatic rings. The first-order chi connectivity index (χ1) is 13.5. The van der Waals surface area contributed by atoms with E-state index in [0.29, 0.717) is 27.1 Å². The van der Waals surface area contributed by atoms with Crippen molar-refractivity contribution in [2.75, 3.05) is 7.05 Å². The fourth-order valence-electron chi connectivity index (χ4n) is 2.43. The molecule has 0 aliphatic heterocycles. The molecule has 0 aliphatic carbocycles. The smallest absolute Gasteiger partial charge is 0.267 e. The molecule has 3 aromatic rings. The van der Waals surface area contributed by atoms with E-state index in [9.17, 15) is 9.59 Å². The lowest BCUT2D eigenvalue weighted by Crippen LogP contribution is -2.33. The van der Waals surface area contributed by atoms with Crippen molar-refractivity contribution in [3.8, 4) is 11.3 Å². The van der Waals surface area contributed by atoms with Crippen molar-refractivity contribution in [3.63, 3.8) is 0 Å². The number of hydrogen-bond acceptors (Lipinski definition) is 3. The largest absolute Gasteiger partial charge is 0.457 e. The van der Waals surface area contributed by atoms with E-state index in [1.165, 1.54) is 13.1 Å². The van der Waals surface area contributed by atoms with Gasteiger partial charge in [0.15, 0.2) is 0 Å². The van der Waals surface area contributed by atoms with Crippen molar-refractivity contribution in [3.05, 3.63) is 87.7 Å². The molecule has 0 radical (unpaired) electrons. The molecule has 28 heavy (non-hydrogen) atoms. The molecule has 0 saturated carbocycles. The minimum absolute atomic E-state index is 0.0551. The fraction of sp³-hybridized carbons (Fsp3) is 0.0476. The van der Waals surface area contributed by atoms with Gasteiger partial charge in [-0.2, -0.15) is 0 Å². The molecular weight excluding hydrogens is 399 g/mol. The molecular formula is C21H16Cl2N2O3. The van der Waals surface area contributed by atoms with Gasteiger partial charge in [0.2, 0.25) is 0 Å². The number of rotatable bonds is 5. The lowest BCUT2D eigenvalue weighted by Gasteiger charge is -2.08. The van der Waals surface area contributed by atoms with Crippen LogP contribution in [0, 0.1) is 0 Å². The normalized spacial score (nSPS) is 11.2. The topological polar surface area (TPSA) is 71.3 Å². The number of carbonyl (C=O) groups excluding carboxylic acids is 2. The summed E-state index contributed by atoms with van der Waals surface area (Å²) in [7, 11) is 1.48. The van der Waals surface area contributed by atoms with Crippen LogP contribution in [0.25, 0.3) is 17.4 Å². The van der Waals surface area contributed by atoms with Gasteiger partial charge in [-0.1, -0.05) is 23.2 Å². The van der Waals surface area contributed by atoms with Gasteiger partial charge in [0.05, 0.1) is 0 Å². The lowest BCUT2D eigenvalue weighted by atomic mass is 10.2. The van der Waals surface area contributed by atoms with Crippen molar-refractivity contribution < 1.29 is 14.0 Å². The highest BCUT2D eigenvalue weighted by Gasteiger charge is 2.14. The summed E-state index contributed by atoms with van der Waals surface area (Å²) in [5, 5.41) is 6.24. The highest BCUT2D eigenvalue weighted by atomic mass is 35.5. The Kier molecular flexibility index (Phi) is 6.19. The molecule has 0 bridgehead atoms. The van der Waals surface area contributed by atoms with Gasteiger partial charge in [-0.05, 0) is 60.7 Å². The molecule has 0 atom stereocenters. The summed E-state index contributed by atoms with van der Waals surface area (Å²) in [5.41, 5.74) is 1.27. The van der Waals surface area contributed by atoms with Crippen molar-refractivity contribution in [2.45, 2.75) is 0 Å². The van der Waals surface area contributed by atoms with Crippen molar-refractivity contribution in [1.29, 1.82) is 0 Å². The Morgan fingerprint density at radius 1 is 0.893 bits per heavy atom. The second-order valence-corrected chi connectivity index (χ2v) is 6.68. The molecule has 7 heteroatoms. The SMILES string of the molecule is CNC(=O)C(=Cc1ccc(-c2ccc(Cl)cc2)o1)NC(=O)c1ccc(Cl)cc1. The van der Waals surface area contributed by atoms with Crippen LogP contribution in [0.3, 0.4) is 0 Å². The second-order valence-electron chi connectivity index (χ2n) is 5.81. The van der Waals surface area contributed by atoms with E-state index in [4.69, 9.17) is 27.6 Å². The van der Waals surface area contributed by atoms with Gasteiger partial charge in [-0.25, -0.2) is 0 Å². The molecule has 2 aromatic carbocycles. The van der Waals surface area contributed by atoms with E-state index >= 15 is 0 Å². The third-order valence-corrected chi connectivity index (χ3v) is 4.37. The first-order valence-corrected chi connectivity index (χ1v) is 9.08. The van der Waals surface area contributed by atoms with Crippen molar-refractivity contribution in [2.24, 2.45) is 0 Å². The molecule has 2 N–H and O–H groups in total. The molecule has 0 saturated heterocycles. The third kappa shape index (κ3) is 4.82. The number of likely N-dealkylation sites (N-methyl/N-ethyl adjacent to an activating group) is 1. The highest BCUT2D eigenvalue weighted by Crippen LogP contribution is 2.24. The maximum atomic E-state index is 12.4. The van der Waals surface area contributed by atoms with Gasteiger partial charge < -0.3 is 15.1 Å². The number of halogens is 2. The first-order valence-electron chi connectivity index (χ1n) is 8.33. The minimum atomic E-state index is -0.452. The van der Waals surface area contributed by atoms with Crippen LogP contribution in [0.2, 0.25) is 10.0 Å². The summed E-state index contributed by atoms with van der Waals surface area (Å²) in [4.78, 5) is 24.6. The molecule has 1 aromatic heterocycles. The van der Waals surface area contributed by atoms with Crippen LogP contribution in [-0.2, 0) is 4.79 Å². The van der Waals surface area contributed by atoms with E-state index in [2.05, 4.69) is 10.6 Å². The van der Waals surface area contributed by atoms with Crippen molar-refractivity contribution >= 4 is 41.1 Å². The predicted octanol–water partition coefficient (Wildman–Crippen LogP) is 4.77. The zero-order valence-electron chi connectivity index (χ0n) is 14.8. The number of hydrogen-bond donors (Lipinski definition) is 2. The van der Waals surface area contributed by atoms with E-state index in [1.807, 2.05) is 12.1 Å². The molecule has 0 spiro atoms. The van der Waals surface area contributed by atoms with Gasteiger partial charge >= 0.3 is 0 Å². The standard InChI is InChI=1S/C21H16Cl2N2O3/c1-24-21(27)18(25-20(26)14-4-8-16(23)9-5-14)12-17-10-11-19(28-17)13-2-6-15(22)7-3-13/h2-12H,1H3,(H,24,27)(H,25,26). The summed E-state index contributed by atoms with van der Waals surface area (Å²) in [6.07, 6.45) is 1.46. The van der Waals surface area contributed by atoms with Gasteiger partial charge in [-0.15, -0.1) is 0 Å². The molecule has 0 fully saturated rings. The van der Waals surface area contributed by atoms with E-state index in [1.54, 1.807) is 48.5 Å². The van der Waals surface area contributed by atoms with Crippen LogP contribution in [0.1, 0.15) is 16.1 Å². The summed E-state index contributed by atoms with van der Waals surface area (Å²) >= 11 is 11.7. The Morgan fingerprint density at radius 2 is 1.50 bits per heavy atom. The first kappa shape index (κ1) is 19.7. The van der Waals surface area contributed by atoms with Crippen LogP contribution in [0.5, 0.6) is 0 Å². The Hall–Kier alpha value is -3.02. The van der Waals surface area contributed by atoms with Crippen LogP contribution in [0.4, 0.5) is 0 Å². The van der Waals surface area contributed by atoms with Gasteiger partial charge in [0, 0.05) is 34.3 Å². The third-order valence-electron chi connectivity index (χ3n) is 3.87. The van der Waals surface area contributed by atoms with E-state index < -0.39 is 11.8 Å². The lowest BCUT2D eigenvalue weighted by molar-refractivity contribution is -0.117. The average Bonchev–Trinajstić information content (AvgIpc) is 3.16. The maximum absolute atomic E-state index is 12.4. The summed E-state index contributed by atoms with van der Waals surface area (Å²) < 4.78 is 5.77. The summed E-state index contributed by atoms with van der Waals surface area (Å²) in [5.74, 6) is 0.144. The molecule has 142 valence electrons. The summed E-state index contributed by atoms with van der Waals surface area (Å²) in [6, 6.07) is 17.0. The fourth-order valence-corrected chi connectivity index (χ4v) is 2.68. The number of furan rings is 1. The Morgan fingerprint density at radius 3 is 2.11 bits per heavy atom. The van der Waals surface area contributed by atoms with Crippen LogP contribution in [0.15, 0.2) is 70.8 Å². The average molecular weight is 415 g/mol. The highest BCUT2D eigenvalue weighted by molar-refractivity contribution is 6.31. The predicted molar refractivity (Wildman–Crippen MR) is 110 cm³/mol. The monoisotopic (exact) mass is 414 g/mol. The van der Waals surface area contributed by atoms with Gasteiger partial charge in [0.25, 0.3) is 11.8 Å². The van der Waals surface area contributed by atoms with Crippen LogP contribution < -0.4 is 10.6 Å². The molecule has 3 rings (SSSR count). The van der Waals surface area contributed by atoms with Crippen LogP contribution >= 0.6 is 23.2 Å². The maximum Gasteiger partial charge on any atom is 0.267 e. The van der Waals surface area contributed by atoms with Crippen LogP contribution in [-0.4, -0.2) is 18.9 Å². The minimum Gasteiger partial charge on any atom is -0.457 e. The number of nitrogens with one attached hydrogen (secondary N) is 2. The Bertz CT molecular complexity index is 1020. The molecule has 1 heterocycles.